The summed E-state index contributed by atoms with van der Waals surface area (Å²) in [5.41, 5.74) is 7.66. The first-order valence-corrected chi connectivity index (χ1v) is 8.69. The van der Waals surface area contributed by atoms with Gasteiger partial charge in [0.1, 0.15) is 0 Å². The molecule has 0 bridgehead atoms. The van der Waals surface area contributed by atoms with Crippen LogP contribution in [0.3, 0.4) is 0 Å². The van der Waals surface area contributed by atoms with E-state index in [9.17, 15) is 0 Å². The summed E-state index contributed by atoms with van der Waals surface area (Å²) in [4.78, 5) is 7.86. The lowest BCUT2D eigenvalue weighted by Crippen LogP contribution is -2.28. The Balaban J connectivity index is 1.44. The number of nitrogens with zero attached hydrogens (tertiary/aromatic N) is 2. The molecule has 3 heterocycles. The number of nitrogens with two attached hydrogens (primary N) is 1. The molecule has 1 aliphatic rings. The fraction of sp³-hybridized carbons (Fsp3) is 0.278. The van der Waals surface area contributed by atoms with E-state index in [1.54, 1.807) is 11.3 Å². The lowest BCUT2D eigenvalue weighted by molar-refractivity contribution is 0.287. The number of aromatic nitrogens is 1. The van der Waals surface area contributed by atoms with Gasteiger partial charge in [0.2, 0.25) is 5.89 Å². The van der Waals surface area contributed by atoms with Crippen LogP contribution in [-0.2, 0) is 6.54 Å². The number of hydrogen-bond acceptors (Lipinski definition) is 5. The van der Waals surface area contributed by atoms with Crippen LogP contribution in [0, 0.1) is 0 Å². The van der Waals surface area contributed by atoms with Crippen LogP contribution in [0.15, 0.2) is 58.5 Å². The van der Waals surface area contributed by atoms with Gasteiger partial charge in [-0.1, -0.05) is 36.4 Å². The third-order valence-electron chi connectivity index (χ3n) is 4.34. The van der Waals surface area contributed by atoms with Gasteiger partial charge in [-0.15, -0.1) is 11.3 Å². The van der Waals surface area contributed by atoms with Crippen molar-refractivity contribution >= 4 is 11.3 Å². The van der Waals surface area contributed by atoms with E-state index in [1.807, 2.05) is 29.8 Å². The minimum Gasteiger partial charge on any atom is -0.438 e. The molecule has 3 aromatic rings. The van der Waals surface area contributed by atoms with E-state index in [0.717, 1.165) is 29.6 Å². The molecule has 4 rings (SSSR count). The predicted molar refractivity (Wildman–Crippen MR) is 92.3 cm³/mol. The molecule has 5 heteroatoms. The molecule has 23 heavy (non-hydrogen) atoms. The van der Waals surface area contributed by atoms with Crippen molar-refractivity contribution in [3.8, 4) is 10.6 Å². The first kappa shape index (κ1) is 14.6. The topological polar surface area (TPSA) is 55.3 Å². The summed E-state index contributed by atoms with van der Waals surface area (Å²) in [7, 11) is 0. The summed E-state index contributed by atoms with van der Waals surface area (Å²) < 4.78 is 5.88. The van der Waals surface area contributed by atoms with Crippen LogP contribution in [0.25, 0.3) is 10.6 Å². The van der Waals surface area contributed by atoms with Crippen LogP contribution in [0.5, 0.6) is 0 Å². The van der Waals surface area contributed by atoms with Crippen LogP contribution in [0.1, 0.15) is 17.4 Å². The average molecular weight is 325 g/mol. The lowest BCUT2D eigenvalue weighted by Gasteiger charge is -2.14. The van der Waals surface area contributed by atoms with Gasteiger partial charge in [0.15, 0.2) is 5.76 Å². The van der Waals surface area contributed by atoms with E-state index in [-0.39, 0.29) is 6.04 Å². The minimum atomic E-state index is 0.157. The van der Waals surface area contributed by atoms with E-state index < -0.39 is 0 Å². The summed E-state index contributed by atoms with van der Waals surface area (Å²) in [5.74, 6) is 1.98. The third kappa shape index (κ3) is 3.08. The molecule has 4 nitrogen and oxygen atoms in total. The van der Waals surface area contributed by atoms with Gasteiger partial charge in [0.05, 0.1) is 17.6 Å². The normalized spacial score (nSPS) is 21.8. The third-order valence-corrected chi connectivity index (χ3v) is 5.23. The second-order valence-corrected chi connectivity index (χ2v) is 6.92. The highest BCUT2D eigenvalue weighted by Crippen LogP contribution is 2.29. The number of hydrogen-bond donors (Lipinski definition) is 1. The Morgan fingerprint density at radius 1 is 1.17 bits per heavy atom. The monoisotopic (exact) mass is 325 g/mol. The molecule has 0 amide bonds. The maximum absolute atomic E-state index is 6.35. The molecular weight excluding hydrogens is 306 g/mol. The van der Waals surface area contributed by atoms with E-state index in [0.29, 0.717) is 12.5 Å². The number of rotatable bonds is 4. The van der Waals surface area contributed by atoms with Crippen LogP contribution >= 0.6 is 11.3 Å². The van der Waals surface area contributed by atoms with Gasteiger partial charge in [-0.25, -0.2) is 4.98 Å². The molecule has 0 spiro atoms. The summed E-state index contributed by atoms with van der Waals surface area (Å²) in [6, 6.07) is 14.7. The quantitative estimate of drug-likeness (QED) is 0.799. The zero-order chi connectivity index (χ0) is 15.6. The maximum atomic E-state index is 6.35. The zero-order valence-electron chi connectivity index (χ0n) is 12.8. The Morgan fingerprint density at radius 2 is 2.04 bits per heavy atom. The second kappa shape index (κ2) is 6.28. The zero-order valence-corrected chi connectivity index (χ0v) is 13.6. The molecule has 0 aliphatic carbocycles. The molecule has 0 unspecified atom stereocenters. The molecule has 1 aromatic carbocycles. The molecular formula is C18H19N3OS. The van der Waals surface area contributed by atoms with Gasteiger partial charge in [0.25, 0.3) is 0 Å². The SMILES string of the molecule is N[C@@H]1CN(Cc2ncc(-c3cccs3)o2)C[C@H]1c1ccccc1. The summed E-state index contributed by atoms with van der Waals surface area (Å²) in [5, 5.41) is 2.04. The summed E-state index contributed by atoms with van der Waals surface area (Å²) in [6.07, 6.45) is 1.81. The van der Waals surface area contributed by atoms with Crippen LogP contribution in [-0.4, -0.2) is 29.0 Å². The molecule has 0 radical (unpaired) electrons. The molecule has 2 aromatic heterocycles. The molecule has 0 saturated carbocycles. The first-order valence-electron chi connectivity index (χ1n) is 7.81. The molecule has 2 N–H and O–H groups in total. The van der Waals surface area contributed by atoms with Gasteiger partial charge in [-0.2, -0.15) is 0 Å². The van der Waals surface area contributed by atoms with Crippen LogP contribution < -0.4 is 5.73 Å². The maximum Gasteiger partial charge on any atom is 0.209 e. The number of likely N-dealkylation sites (tertiary alicyclic amines) is 1. The predicted octanol–water partition coefficient (Wildman–Crippen LogP) is 3.33. The molecule has 2 atom stereocenters. The summed E-state index contributed by atoms with van der Waals surface area (Å²) in [6.45, 7) is 2.53. The molecule has 1 aliphatic heterocycles. The number of thiophene rings is 1. The van der Waals surface area contributed by atoms with Gasteiger partial charge in [0, 0.05) is 25.0 Å². The fourth-order valence-electron chi connectivity index (χ4n) is 3.20. The van der Waals surface area contributed by atoms with Crippen LogP contribution in [0.2, 0.25) is 0 Å². The van der Waals surface area contributed by atoms with Crippen molar-refractivity contribution in [3.63, 3.8) is 0 Å². The standard InChI is InChI=1S/C18H19N3OS/c19-15-11-21(10-14(15)13-5-2-1-3-6-13)12-18-20-9-16(22-18)17-7-4-8-23-17/h1-9,14-15H,10-12,19H2/t14-,15+/m0/s1. The second-order valence-electron chi connectivity index (χ2n) is 5.97. The van der Waals surface area contributed by atoms with Crippen molar-refractivity contribution in [2.24, 2.45) is 5.73 Å². The first-order chi connectivity index (χ1) is 11.3. The van der Waals surface area contributed by atoms with Gasteiger partial charge in [-0.05, 0) is 17.0 Å². The largest absolute Gasteiger partial charge is 0.438 e. The lowest BCUT2D eigenvalue weighted by atomic mass is 9.95. The van der Waals surface area contributed by atoms with Crippen molar-refractivity contribution in [1.29, 1.82) is 0 Å². The van der Waals surface area contributed by atoms with E-state index in [2.05, 4.69) is 34.1 Å². The fourth-order valence-corrected chi connectivity index (χ4v) is 3.87. The Hall–Kier alpha value is -1.95. The van der Waals surface area contributed by atoms with Gasteiger partial charge >= 0.3 is 0 Å². The van der Waals surface area contributed by atoms with Crippen LogP contribution in [0.4, 0.5) is 0 Å². The van der Waals surface area contributed by atoms with Crippen molar-refractivity contribution in [2.75, 3.05) is 13.1 Å². The highest BCUT2D eigenvalue weighted by atomic mass is 32.1. The Kier molecular flexibility index (Phi) is 3.99. The smallest absolute Gasteiger partial charge is 0.209 e. The van der Waals surface area contributed by atoms with Gasteiger partial charge in [-0.3, -0.25) is 4.90 Å². The molecule has 1 saturated heterocycles. The number of benzene rings is 1. The Bertz CT molecular complexity index is 754. The minimum absolute atomic E-state index is 0.157. The molecule has 1 fully saturated rings. The van der Waals surface area contributed by atoms with E-state index >= 15 is 0 Å². The van der Waals surface area contributed by atoms with Crippen molar-refractivity contribution < 1.29 is 4.42 Å². The summed E-state index contributed by atoms with van der Waals surface area (Å²) >= 11 is 1.66. The van der Waals surface area contributed by atoms with Crippen molar-refractivity contribution in [3.05, 3.63) is 65.5 Å². The molecule has 118 valence electrons. The number of oxazole rings is 1. The van der Waals surface area contributed by atoms with Gasteiger partial charge < -0.3 is 10.2 Å². The average Bonchev–Trinajstić information content (AvgIpc) is 3.29. The van der Waals surface area contributed by atoms with E-state index in [1.165, 1.54) is 5.56 Å². The highest BCUT2D eigenvalue weighted by molar-refractivity contribution is 7.13. The highest BCUT2D eigenvalue weighted by Gasteiger charge is 2.31. The van der Waals surface area contributed by atoms with Crippen molar-refractivity contribution in [1.82, 2.24) is 9.88 Å². The Morgan fingerprint density at radius 3 is 2.83 bits per heavy atom. The Labute approximate surface area is 139 Å². The van der Waals surface area contributed by atoms with Crippen molar-refractivity contribution in [2.45, 2.75) is 18.5 Å². The van der Waals surface area contributed by atoms with E-state index in [4.69, 9.17) is 10.2 Å².